The fourth-order valence-corrected chi connectivity index (χ4v) is 8.22. The second kappa shape index (κ2) is 8.72. The molecular formula is C22H34N6OSSi. The van der Waals surface area contributed by atoms with Crippen molar-refractivity contribution < 1.29 is 4.21 Å². The number of fused-ring (bicyclic) bond motifs is 1. The number of pyridine rings is 1. The van der Waals surface area contributed by atoms with Crippen molar-refractivity contribution in [2.45, 2.75) is 63.8 Å². The fourth-order valence-electron chi connectivity index (χ4n) is 3.03. The minimum atomic E-state index is -2.66. The molecule has 0 fully saturated rings. The Morgan fingerprint density at radius 3 is 2.42 bits per heavy atom. The lowest BCUT2D eigenvalue weighted by atomic mass is 10.2. The molecule has 0 radical (unpaired) electrons. The maximum absolute atomic E-state index is 13.6. The van der Waals surface area contributed by atoms with Gasteiger partial charge in [0.2, 0.25) is 0 Å². The van der Waals surface area contributed by atoms with Crippen LogP contribution in [0.1, 0.15) is 33.3 Å². The number of nitrogens with one attached hydrogen (secondary N) is 2. The second-order valence-electron chi connectivity index (χ2n) is 9.18. The third-order valence-electron chi connectivity index (χ3n) is 6.03. The molecule has 0 saturated carbocycles. The van der Waals surface area contributed by atoms with E-state index in [1.54, 1.807) is 13.2 Å². The molecule has 3 aromatic rings. The van der Waals surface area contributed by atoms with E-state index in [9.17, 15) is 4.21 Å². The van der Waals surface area contributed by atoms with Crippen LogP contribution in [-0.2, 0) is 23.0 Å². The molecule has 1 unspecified atom stereocenters. The first-order valence-electron chi connectivity index (χ1n) is 10.6. The van der Waals surface area contributed by atoms with E-state index in [1.807, 2.05) is 41.2 Å². The van der Waals surface area contributed by atoms with Gasteiger partial charge in [0, 0.05) is 25.0 Å². The number of rotatable bonds is 7. The van der Waals surface area contributed by atoms with Gasteiger partial charge in [0.05, 0.1) is 16.5 Å². The van der Waals surface area contributed by atoms with Gasteiger partial charge in [-0.05, 0) is 55.9 Å². The highest BCUT2D eigenvalue weighted by Crippen LogP contribution is 2.38. The molecule has 3 rings (SSSR count). The Labute approximate surface area is 187 Å². The smallest absolute Gasteiger partial charge is 0.195 e. The molecule has 0 bridgehead atoms. The van der Waals surface area contributed by atoms with E-state index in [0.717, 1.165) is 33.7 Å². The summed E-state index contributed by atoms with van der Waals surface area (Å²) < 4.78 is 23.4. The van der Waals surface area contributed by atoms with Crippen LogP contribution in [0.5, 0.6) is 0 Å². The monoisotopic (exact) mass is 458 g/mol. The van der Waals surface area contributed by atoms with Crippen LogP contribution in [-0.4, -0.2) is 34.3 Å². The Balaban J connectivity index is 1.82. The molecule has 0 aliphatic carbocycles. The number of aryl methyl sites for hydroxylation is 1. The highest BCUT2D eigenvalue weighted by molar-refractivity contribution is 7.92. The third kappa shape index (κ3) is 4.83. The molecule has 0 amide bonds. The molecule has 0 saturated heterocycles. The molecular weight excluding hydrogens is 424 g/mol. The molecule has 1 aromatic carbocycles. The summed E-state index contributed by atoms with van der Waals surface area (Å²) >= 11 is 0. The summed E-state index contributed by atoms with van der Waals surface area (Å²) in [5.41, 5.74) is 2.98. The molecule has 0 spiro atoms. The second-order valence-corrected chi connectivity index (χ2v) is 16.5. The van der Waals surface area contributed by atoms with Crippen LogP contribution in [0, 0.1) is 0 Å². The maximum Gasteiger partial charge on any atom is 0.195 e. The minimum Gasteiger partial charge on any atom is -0.380 e. The van der Waals surface area contributed by atoms with Crippen molar-refractivity contribution in [3.8, 4) is 0 Å². The van der Waals surface area contributed by atoms with Crippen LogP contribution in [0.3, 0.4) is 0 Å². The quantitative estimate of drug-likeness (QED) is 0.486. The molecule has 1 atom stereocenters. The number of aromatic nitrogens is 3. The van der Waals surface area contributed by atoms with Gasteiger partial charge in [-0.1, -0.05) is 32.9 Å². The number of nitrogens with zero attached hydrogens (tertiary/aromatic N) is 4. The Kier molecular flexibility index (Phi) is 6.59. The van der Waals surface area contributed by atoms with Gasteiger partial charge < -0.3 is 5.32 Å². The van der Waals surface area contributed by atoms with Gasteiger partial charge in [-0.25, -0.2) is 18.6 Å². The van der Waals surface area contributed by atoms with E-state index in [4.69, 9.17) is 4.03 Å². The zero-order chi connectivity index (χ0) is 22.9. The Morgan fingerprint density at radius 1 is 1.16 bits per heavy atom. The largest absolute Gasteiger partial charge is 0.380 e. The van der Waals surface area contributed by atoms with Gasteiger partial charge in [-0.2, -0.15) is 5.10 Å². The standard InChI is InChI=1S/C22H34N6OSSi/c1-8-28-21-19(16-26-28)20(13-14-24-21)25-15-17-9-11-18(12-10-17)30(29,23-5)27-31(6,7)22(2,3)4/h9-14,16H,8,15H2,1-7H3,(H,24,25)(H,23,27,29). The first-order valence-corrected chi connectivity index (χ1v) is 15.1. The van der Waals surface area contributed by atoms with Crippen LogP contribution in [0.15, 0.2) is 51.6 Å². The van der Waals surface area contributed by atoms with Crippen molar-refractivity contribution in [2.75, 3.05) is 12.4 Å². The van der Waals surface area contributed by atoms with E-state index < -0.39 is 18.2 Å². The minimum absolute atomic E-state index is 0.0256. The Hall–Kier alpha value is -2.23. The highest BCUT2D eigenvalue weighted by atomic mass is 32.2. The Bertz CT molecular complexity index is 1170. The van der Waals surface area contributed by atoms with E-state index in [0.29, 0.717) is 6.54 Å². The molecule has 9 heteroatoms. The maximum atomic E-state index is 13.6. The first kappa shape index (κ1) is 23.4. The van der Waals surface area contributed by atoms with Gasteiger partial charge in [0.15, 0.2) is 13.9 Å². The summed E-state index contributed by atoms with van der Waals surface area (Å²) in [7, 11) is -3.02. The molecule has 7 nitrogen and oxygen atoms in total. The van der Waals surface area contributed by atoms with Crippen molar-refractivity contribution in [1.82, 2.24) is 19.5 Å². The normalized spacial score (nSPS) is 14.4. The number of benzene rings is 1. The lowest BCUT2D eigenvalue weighted by Gasteiger charge is -2.33. The van der Waals surface area contributed by atoms with E-state index in [2.05, 4.69) is 60.9 Å². The van der Waals surface area contributed by atoms with Gasteiger partial charge in [-0.15, -0.1) is 0 Å². The number of anilines is 1. The van der Waals surface area contributed by atoms with Crippen molar-refractivity contribution in [3.05, 3.63) is 48.3 Å². The van der Waals surface area contributed by atoms with Crippen molar-refractivity contribution in [1.29, 1.82) is 0 Å². The SMILES string of the molecule is CCn1ncc2c(NCc3ccc(S(=O)(=N[Si](C)(C)C(C)(C)C)NC)cc3)ccnc21. The summed E-state index contributed by atoms with van der Waals surface area (Å²) in [6.45, 7) is 14.3. The molecule has 168 valence electrons. The fraction of sp³-hybridized carbons (Fsp3) is 0.455. The summed E-state index contributed by atoms with van der Waals surface area (Å²) in [4.78, 5) is 5.16. The van der Waals surface area contributed by atoms with Gasteiger partial charge >= 0.3 is 0 Å². The van der Waals surface area contributed by atoms with Crippen LogP contribution in [0.2, 0.25) is 18.1 Å². The van der Waals surface area contributed by atoms with Crippen LogP contribution in [0.4, 0.5) is 5.69 Å². The average molecular weight is 459 g/mol. The molecule has 2 N–H and O–H groups in total. The summed E-state index contributed by atoms with van der Waals surface area (Å²) in [6, 6.07) is 9.82. The van der Waals surface area contributed by atoms with Crippen molar-refractivity contribution >= 4 is 34.9 Å². The predicted octanol–water partition coefficient (Wildman–Crippen LogP) is 5.03. The van der Waals surface area contributed by atoms with Crippen molar-refractivity contribution in [2.24, 2.45) is 4.03 Å². The molecule has 0 aliphatic rings. The van der Waals surface area contributed by atoms with Gasteiger partial charge in [0.25, 0.3) is 0 Å². The topological polar surface area (TPSA) is 84.2 Å². The van der Waals surface area contributed by atoms with Crippen molar-refractivity contribution in [3.63, 3.8) is 0 Å². The first-order chi connectivity index (χ1) is 14.5. The number of hydrogen-bond donors (Lipinski definition) is 2. The van der Waals surface area contributed by atoms with Gasteiger partial charge in [0.1, 0.15) is 9.92 Å². The summed E-state index contributed by atoms with van der Waals surface area (Å²) in [5.74, 6) is 0. The average Bonchev–Trinajstić information content (AvgIpc) is 3.15. The Morgan fingerprint density at radius 2 is 1.84 bits per heavy atom. The summed E-state index contributed by atoms with van der Waals surface area (Å²) in [5, 5.41) is 8.90. The molecule has 2 heterocycles. The number of hydrogen-bond acceptors (Lipinski definition) is 5. The molecule has 2 aromatic heterocycles. The summed E-state index contributed by atoms with van der Waals surface area (Å²) in [6.07, 6.45) is 3.65. The molecule has 0 aliphatic heterocycles. The highest BCUT2D eigenvalue weighted by Gasteiger charge is 2.37. The molecule has 31 heavy (non-hydrogen) atoms. The van der Waals surface area contributed by atoms with E-state index >= 15 is 0 Å². The predicted molar refractivity (Wildman–Crippen MR) is 132 cm³/mol. The van der Waals surface area contributed by atoms with Crippen LogP contribution >= 0.6 is 0 Å². The van der Waals surface area contributed by atoms with E-state index in [-0.39, 0.29) is 5.04 Å². The van der Waals surface area contributed by atoms with Crippen LogP contribution < -0.4 is 10.0 Å². The van der Waals surface area contributed by atoms with Crippen LogP contribution in [0.25, 0.3) is 11.0 Å². The lowest BCUT2D eigenvalue weighted by molar-refractivity contribution is 0.668. The zero-order valence-corrected chi connectivity index (χ0v) is 21.4. The van der Waals surface area contributed by atoms with Gasteiger partial charge in [-0.3, -0.25) is 4.03 Å². The third-order valence-corrected chi connectivity index (χ3v) is 14.0. The van der Waals surface area contributed by atoms with E-state index in [1.165, 1.54) is 0 Å². The zero-order valence-electron chi connectivity index (χ0n) is 19.6. The lowest BCUT2D eigenvalue weighted by Crippen LogP contribution is -2.38.